The number of likely N-dealkylation sites (tertiary alicyclic amines) is 1. The number of piperidine rings is 1. The van der Waals surface area contributed by atoms with Gasteiger partial charge in [0.2, 0.25) is 0 Å². The predicted molar refractivity (Wildman–Crippen MR) is 82.6 cm³/mol. The van der Waals surface area contributed by atoms with Crippen molar-refractivity contribution >= 4 is 5.91 Å². The zero-order chi connectivity index (χ0) is 15.7. The number of fused-ring (bicyclic) bond motifs is 1. The molecule has 2 saturated heterocycles. The van der Waals surface area contributed by atoms with Crippen LogP contribution in [-0.2, 0) is 4.74 Å². The molecule has 0 radical (unpaired) electrons. The monoisotopic (exact) mass is 299 g/mol. The molecule has 3 rings (SSSR count). The molecule has 2 unspecified atom stereocenters. The number of nitriles is 1. The zero-order valence-electron chi connectivity index (χ0n) is 13.1. The van der Waals surface area contributed by atoms with Crippen molar-refractivity contribution in [2.75, 3.05) is 33.3 Å². The Morgan fingerprint density at radius 1 is 1.41 bits per heavy atom. The average Bonchev–Trinajstić information content (AvgIpc) is 2.54. The molecule has 1 aromatic rings. The molecular formula is C17H21N3O2. The molecule has 0 aliphatic carbocycles. The van der Waals surface area contributed by atoms with Gasteiger partial charge < -0.3 is 9.64 Å². The smallest absolute Gasteiger partial charge is 0.254 e. The van der Waals surface area contributed by atoms with E-state index in [9.17, 15) is 4.79 Å². The minimum absolute atomic E-state index is 0.0550. The van der Waals surface area contributed by atoms with E-state index in [1.165, 1.54) is 0 Å². The third kappa shape index (κ3) is 2.72. The third-order valence-electron chi connectivity index (χ3n) is 4.74. The van der Waals surface area contributed by atoms with Gasteiger partial charge in [-0.15, -0.1) is 0 Å². The van der Waals surface area contributed by atoms with Crippen LogP contribution in [0, 0.1) is 18.3 Å². The van der Waals surface area contributed by atoms with Gasteiger partial charge in [0.1, 0.15) is 0 Å². The van der Waals surface area contributed by atoms with Crippen molar-refractivity contribution in [3.8, 4) is 6.07 Å². The molecule has 0 bridgehead atoms. The second kappa shape index (κ2) is 6.07. The molecule has 2 aliphatic rings. The number of hydrogen-bond donors (Lipinski definition) is 0. The predicted octanol–water partition coefficient (Wildman–Crippen LogP) is 1.41. The van der Waals surface area contributed by atoms with Gasteiger partial charge in [-0.2, -0.15) is 5.26 Å². The van der Waals surface area contributed by atoms with Crippen molar-refractivity contribution in [1.82, 2.24) is 9.80 Å². The number of ether oxygens (including phenoxy) is 1. The normalized spacial score (nSPS) is 25.4. The van der Waals surface area contributed by atoms with E-state index in [4.69, 9.17) is 10.00 Å². The number of likely N-dealkylation sites (N-methyl/N-ethyl adjacent to an activating group) is 1. The number of rotatable bonds is 1. The van der Waals surface area contributed by atoms with Crippen LogP contribution < -0.4 is 0 Å². The molecule has 5 nitrogen and oxygen atoms in total. The SMILES string of the molecule is Cc1cc(C#N)ccc1C(=O)N1CCC2OCCN(C)C2C1. The Morgan fingerprint density at radius 3 is 2.95 bits per heavy atom. The molecule has 0 saturated carbocycles. The van der Waals surface area contributed by atoms with Crippen LogP contribution >= 0.6 is 0 Å². The van der Waals surface area contributed by atoms with Crippen molar-refractivity contribution in [3.05, 3.63) is 34.9 Å². The first-order valence-corrected chi connectivity index (χ1v) is 7.72. The Morgan fingerprint density at radius 2 is 2.23 bits per heavy atom. The lowest BCUT2D eigenvalue weighted by Gasteiger charge is -2.45. The highest BCUT2D eigenvalue weighted by atomic mass is 16.5. The van der Waals surface area contributed by atoms with Crippen LogP contribution in [0.1, 0.15) is 27.9 Å². The maximum absolute atomic E-state index is 12.8. The maximum atomic E-state index is 12.8. The standard InChI is InChI=1S/C17H21N3O2/c1-12-9-13(10-18)3-4-14(12)17(21)20-6-5-16-15(11-20)19(2)7-8-22-16/h3-4,9,15-16H,5-8,11H2,1-2H3. The number of carbonyl (C=O) groups excluding carboxylic acids is 1. The highest BCUT2D eigenvalue weighted by Gasteiger charge is 2.37. The van der Waals surface area contributed by atoms with Crippen molar-refractivity contribution < 1.29 is 9.53 Å². The lowest BCUT2D eigenvalue weighted by Crippen LogP contribution is -2.59. The van der Waals surface area contributed by atoms with Gasteiger partial charge in [-0.3, -0.25) is 9.69 Å². The van der Waals surface area contributed by atoms with E-state index in [1.54, 1.807) is 18.2 Å². The molecule has 5 heteroatoms. The molecule has 2 heterocycles. The van der Waals surface area contributed by atoms with E-state index in [1.807, 2.05) is 11.8 Å². The highest BCUT2D eigenvalue weighted by molar-refractivity contribution is 5.95. The lowest BCUT2D eigenvalue weighted by molar-refractivity contribution is -0.0893. The molecule has 2 aliphatic heterocycles. The number of nitrogens with zero attached hydrogens (tertiary/aromatic N) is 3. The van der Waals surface area contributed by atoms with E-state index >= 15 is 0 Å². The molecule has 22 heavy (non-hydrogen) atoms. The van der Waals surface area contributed by atoms with Gasteiger partial charge in [-0.25, -0.2) is 0 Å². The fraction of sp³-hybridized carbons (Fsp3) is 0.529. The highest BCUT2D eigenvalue weighted by Crippen LogP contribution is 2.24. The van der Waals surface area contributed by atoms with E-state index in [0.29, 0.717) is 17.7 Å². The minimum atomic E-state index is 0.0550. The Hall–Kier alpha value is -1.90. The van der Waals surface area contributed by atoms with Gasteiger partial charge in [0, 0.05) is 25.2 Å². The Labute approximate surface area is 131 Å². The summed E-state index contributed by atoms with van der Waals surface area (Å²) in [4.78, 5) is 17.0. The van der Waals surface area contributed by atoms with Crippen molar-refractivity contribution in [2.45, 2.75) is 25.5 Å². The van der Waals surface area contributed by atoms with Crippen LogP contribution in [0.15, 0.2) is 18.2 Å². The van der Waals surface area contributed by atoms with E-state index in [-0.39, 0.29) is 18.1 Å². The molecular weight excluding hydrogens is 278 g/mol. The Balaban J connectivity index is 1.77. The topological polar surface area (TPSA) is 56.6 Å². The summed E-state index contributed by atoms with van der Waals surface area (Å²) in [5.41, 5.74) is 2.14. The Bertz CT molecular complexity index is 623. The average molecular weight is 299 g/mol. The molecule has 2 atom stereocenters. The first-order chi connectivity index (χ1) is 10.6. The van der Waals surface area contributed by atoms with Crippen LogP contribution in [0.4, 0.5) is 0 Å². The molecule has 1 aromatic carbocycles. The second-order valence-corrected chi connectivity index (χ2v) is 6.14. The number of hydrogen-bond acceptors (Lipinski definition) is 4. The molecule has 116 valence electrons. The van der Waals surface area contributed by atoms with Gasteiger partial charge in [-0.1, -0.05) is 0 Å². The first kappa shape index (κ1) is 15.0. The van der Waals surface area contributed by atoms with E-state index in [0.717, 1.165) is 31.7 Å². The summed E-state index contributed by atoms with van der Waals surface area (Å²) < 4.78 is 5.82. The van der Waals surface area contributed by atoms with Gasteiger partial charge in [0.15, 0.2) is 0 Å². The summed E-state index contributed by atoms with van der Waals surface area (Å²) in [5, 5.41) is 8.93. The summed E-state index contributed by atoms with van der Waals surface area (Å²) in [6.07, 6.45) is 1.13. The number of benzene rings is 1. The fourth-order valence-electron chi connectivity index (χ4n) is 3.37. The van der Waals surface area contributed by atoms with Crippen LogP contribution in [0.2, 0.25) is 0 Å². The van der Waals surface area contributed by atoms with Crippen molar-refractivity contribution in [2.24, 2.45) is 0 Å². The Kier molecular flexibility index (Phi) is 4.14. The van der Waals surface area contributed by atoms with Crippen LogP contribution in [0.25, 0.3) is 0 Å². The van der Waals surface area contributed by atoms with Crippen molar-refractivity contribution in [1.29, 1.82) is 5.26 Å². The number of carbonyl (C=O) groups is 1. The van der Waals surface area contributed by atoms with Crippen LogP contribution in [0.5, 0.6) is 0 Å². The molecule has 0 N–H and O–H groups in total. The summed E-state index contributed by atoms with van der Waals surface area (Å²) in [7, 11) is 2.10. The minimum Gasteiger partial charge on any atom is -0.375 e. The van der Waals surface area contributed by atoms with E-state index in [2.05, 4.69) is 18.0 Å². The summed E-state index contributed by atoms with van der Waals surface area (Å²) in [6.45, 7) is 5.02. The van der Waals surface area contributed by atoms with E-state index < -0.39 is 0 Å². The second-order valence-electron chi connectivity index (χ2n) is 6.14. The fourth-order valence-corrected chi connectivity index (χ4v) is 3.37. The summed E-state index contributed by atoms with van der Waals surface area (Å²) in [5.74, 6) is 0.0550. The lowest BCUT2D eigenvalue weighted by atomic mass is 9.97. The summed E-state index contributed by atoms with van der Waals surface area (Å²) >= 11 is 0. The maximum Gasteiger partial charge on any atom is 0.254 e. The molecule has 2 fully saturated rings. The third-order valence-corrected chi connectivity index (χ3v) is 4.74. The molecule has 1 amide bonds. The molecule has 0 aromatic heterocycles. The molecule has 0 spiro atoms. The van der Waals surface area contributed by atoms with Crippen LogP contribution in [-0.4, -0.2) is 61.1 Å². The van der Waals surface area contributed by atoms with Gasteiger partial charge in [0.25, 0.3) is 5.91 Å². The zero-order valence-corrected chi connectivity index (χ0v) is 13.1. The largest absolute Gasteiger partial charge is 0.375 e. The summed E-state index contributed by atoms with van der Waals surface area (Å²) in [6, 6.07) is 7.64. The van der Waals surface area contributed by atoms with Gasteiger partial charge in [0.05, 0.1) is 30.4 Å². The van der Waals surface area contributed by atoms with Crippen molar-refractivity contribution in [3.63, 3.8) is 0 Å². The quantitative estimate of drug-likeness (QED) is 0.787. The number of amides is 1. The number of morpholine rings is 1. The number of aryl methyl sites for hydroxylation is 1. The van der Waals surface area contributed by atoms with Gasteiger partial charge >= 0.3 is 0 Å². The van der Waals surface area contributed by atoms with Crippen LogP contribution in [0.3, 0.4) is 0 Å². The first-order valence-electron chi connectivity index (χ1n) is 7.72. The van der Waals surface area contributed by atoms with Gasteiger partial charge in [-0.05, 0) is 44.2 Å².